The van der Waals surface area contributed by atoms with Gasteiger partial charge >= 0.3 is 0 Å². The van der Waals surface area contributed by atoms with Gasteiger partial charge in [-0.05, 0) is 28.1 Å². The summed E-state index contributed by atoms with van der Waals surface area (Å²) in [5, 5.41) is 0. The van der Waals surface area contributed by atoms with Gasteiger partial charge in [0.25, 0.3) is 0 Å². The summed E-state index contributed by atoms with van der Waals surface area (Å²) in [7, 11) is 0. The number of nitrogen functional groups attached to an aromatic ring is 1. The van der Waals surface area contributed by atoms with Gasteiger partial charge in [0.15, 0.2) is 0 Å². The number of halogens is 3. The summed E-state index contributed by atoms with van der Waals surface area (Å²) in [6.07, 6.45) is 0. The van der Waals surface area contributed by atoms with E-state index >= 15 is 0 Å². The predicted molar refractivity (Wildman–Crippen MR) is 41.9 cm³/mol. The van der Waals surface area contributed by atoms with Gasteiger partial charge in [0.05, 0.1) is 10.2 Å². The summed E-state index contributed by atoms with van der Waals surface area (Å²) in [6, 6.07) is 2.18. The highest BCUT2D eigenvalue weighted by molar-refractivity contribution is 9.10. The molecule has 0 saturated carbocycles. The van der Waals surface area contributed by atoms with Crippen molar-refractivity contribution in [3.63, 3.8) is 0 Å². The molecule has 0 amide bonds. The van der Waals surface area contributed by atoms with Crippen LogP contribution in [0.5, 0.6) is 0 Å². The normalized spacial score (nSPS) is 9.82. The topological polar surface area (TPSA) is 38.0 Å². The Balaban J connectivity index is 3.21. The Morgan fingerprint density at radius 1 is 1.27 bits per heavy atom. The van der Waals surface area contributed by atoms with E-state index in [0.29, 0.717) is 0 Å². The van der Waals surface area contributed by atoms with Crippen LogP contribution in [0.2, 0.25) is 0 Å². The molecule has 2 nitrogen and oxygen atoms in total. The van der Waals surface area contributed by atoms with Crippen molar-refractivity contribution in [2.24, 2.45) is 5.84 Å². The van der Waals surface area contributed by atoms with E-state index in [2.05, 4.69) is 21.4 Å². The lowest BCUT2D eigenvalue weighted by molar-refractivity contribution is 0.572. The molecule has 0 atom stereocenters. The van der Waals surface area contributed by atoms with Gasteiger partial charge in [-0.3, -0.25) is 5.84 Å². The van der Waals surface area contributed by atoms with Crippen LogP contribution >= 0.6 is 15.9 Å². The molecule has 0 aliphatic rings. The van der Waals surface area contributed by atoms with Crippen LogP contribution in [-0.4, -0.2) is 0 Å². The summed E-state index contributed by atoms with van der Waals surface area (Å²) in [5.41, 5.74) is 2.33. The van der Waals surface area contributed by atoms with E-state index < -0.39 is 11.6 Å². The van der Waals surface area contributed by atoms with Gasteiger partial charge in [-0.2, -0.15) is 0 Å². The van der Waals surface area contributed by atoms with Gasteiger partial charge in [-0.25, -0.2) is 8.78 Å². The SMILES string of the molecule is NNc1cc(F)c(Br)c(F)c1. The number of rotatable bonds is 1. The monoisotopic (exact) mass is 222 g/mol. The minimum atomic E-state index is -0.682. The van der Waals surface area contributed by atoms with Crippen LogP contribution in [0.4, 0.5) is 14.5 Å². The second-order valence-electron chi connectivity index (χ2n) is 1.90. The molecule has 0 spiro atoms. The number of hydrogen-bond donors (Lipinski definition) is 2. The van der Waals surface area contributed by atoms with Gasteiger partial charge in [0.1, 0.15) is 11.6 Å². The molecule has 0 aromatic heterocycles. The van der Waals surface area contributed by atoms with Crippen molar-refractivity contribution in [3.8, 4) is 0 Å². The smallest absolute Gasteiger partial charge is 0.142 e. The molecule has 1 aromatic rings. The third-order valence-electron chi connectivity index (χ3n) is 1.15. The van der Waals surface area contributed by atoms with Crippen molar-refractivity contribution in [1.29, 1.82) is 0 Å². The predicted octanol–water partition coefficient (Wildman–Crippen LogP) is 2.01. The van der Waals surface area contributed by atoms with E-state index in [9.17, 15) is 8.78 Å². The molecule has 0 heterocycles. The highest BCUT2D eigenvalue weighted by atomic mass is 79.9. The van der Waals surface area contributed by atoms with E-state index in [1.807, 2.05) is 0 Å². The molecular formula is C6H5BrF2N2. The Morgan fingerprint density at radius 2 is 1.73 bits per heavy atom. The molecule has 0 fully saturated rings. The molecule has 3 N–H and O–H groups in total. The third kappa shape index (κ3) is 1.66. The van der Waals surface area contributed by atoms with Crippen molar-refractivity contribution in [2.45, 2.75) is 0 Å². The molecule has 0 bridgehead atoms. The number of nitrogens with one attached hydrogen (secondary N) is 1. The lowest BCUT2D eigenvalue weighted by atomic mass is 10.3. The number of hydrazine groups is 1. The molecule has 0 aliphatic carbocycles. The van der Waals surface area contributed by atoms with Crippen LogP contribution in [0, 0.1) is 11.6 Å². The first-order valence-corrected chi connectivity index (χ1v) is 3.55. The Bertz CT molecular complexity index is 254. The summed E-state index contributed by atoms with van der Waals surface area (Å²) < 4.78 is 25.1. The summed E-state index contributed by atoms with van der Waals surface area (Å²) in [5.74, 6) is 3.57. The number of anilines is 1. The molecule has 0 saturated heterocycles. The zero-order valence-corrected chi connectivity index (χ0v) is 6.95. The van der Waals surface area contributed by atoms with Crippen molar-refractivity contribution in [2.75, 3.05) is 5.43 Å². The van der Waals surface area contributed by atoms with Crippen LogP contribution in [0.3, 0.4) is 0 Å². The molecule has 1 rings (SSSR count). The van der Waals surface area contributed by atoms with Crippen LogP contribution < -0.4 is 11.3 Å². The highest BCUT2D eigenvalue weighted by Gasteiger charge is 2.06. The second-order valence-corrected chi connectivity index (χ2v) is 2.69. The molecule has 0 aliphatic heterocycles. The summed E-state index contributed by atoms with van der Waals surface area (Å²) >= 11 is 2.72. The molecule has 11 heavy (non-hydrogen) atoms. The number of benzene rings is 1. The van der Waals surface area contributed by atoms with E-state index in [-0.39, 0.29) is 10.2 Å². The van der Waals surface area contributed by atoms with E-state index in [1.165, 1.54) is 0 Å². The average Bonchev–Trinajstić information content (AvgIpc) is 1.99. The molecule has 60 valence electrons. The van der Waals surface area contributed by atoms with Gasteiger partial charge in [-0.1, -0.05) is 0 Å². The standard InChI is InChI=1S/C6H5BrF2N2/c7-6-4(8)1-3(11-10)2-5(6)9/h1-2,11H,10H2. The third-order valence-corrected chi connectivity index (χ3v) is 1.91. The largest absolute Gasteiger partial charge is 0.324 e. The first-order chi connectivity index (χ1) is 5.15. The highest BCUT2D eigenvalue weighted by Crippen LogP contribution is 2.22. The Hall–Kier alpha value is -0.680. The first-order valence-electron chi connectivity index (χ1n) is 2.76. The fourth-order valence-corrected chi connectivity index (χ4v) is 0.868. The lowest BCUT2D eigenvalue weighted by Gasteiger charge is -2.01. The maximum atomic E-state index is 12.6. The van der Waals surface area contributed by atoms with Crippen molar-refractivity contribution < 1.29 is 8.78 Å². The Labute approximate surface area is 70.5 Å². The quantitative estimate of drug-likeness (QED) is 0.434. The summed E-state index contributed by atoms with van der Waals surface area (Å²) in [6.45, 7) is 0. The maximum absolute atomic E-state index is 12.6. The van der Waals surface area contributed by atoms with Gasteiger partial charge in [0, 0.05) is 0 Å². The summed E-state index contributed by atoms with van der Waals surface area (Å²) in [4.78, 5) is 0. The molecule has 1 aromatic carbocycles. The fraction of sp³-hybridized carbons (Fsp3) is 0. The van der Waals surface area contributed by atoms with Crippen LogP contribution in [0.15, 0.2) is 16.6 Å². The van der Waals surface area contributed by atoms with Crippen LogP contribution in [0.1, 0.15) is 0 Å². The maximum Gasteiger partial charge on any atom is 0.142 e. The molecule has 5 heteroatoms. The van der Waals surface area contributed by atoms with Gasteiger partial charge < -0.3 is 5.43 Å². The van der Waals surface area contributed by atoms with Gasteiger partial charge in [-0.15, -0.1) is 0 Å². The van der Waals surface area contributed by atoms with E-state index in [0.717, 1.165) is 12.1 Å². The number of hydrogen-bond acceptors (Lipinski definition) is 2. The molecular weight excluding hydrogens is 218 g/mol. The van der Waals surface area contributed by atoms with Crippen molar-refractivity contribution >= 4 is 21.6 Å². The average molecular weight is 223 g/mol. The van der Waals surface area contributed by atoms with E-state index in [4.69, 9.17) is 5.84 Å². The van der Waals surface area contributed by atoms with E-state index in [1.54, 1.807) is 0 Å². The first kappa shape index (κ1) is 8.42. The zero-order chi connectivity index (χ0) is 8.43. The lowest BCUT2D eigenvalue weighted by Crippen LogP contribution is -2.07. The minimum absolute atomic E-state index is 0.184. The Morgan fingerprint density at radius 3 is 2.09 bits per heavy atom. The Kier molecular flexibility index (Phi) is 2.41. The van der Waals surface area contributed by atoms with Crippen LogP contribution in [-0.2, 0) is 0 Å². The number of nitrogens with two attached hydrogens (primary N) is 1. The van der Waals surface area contributed by atoms with Gasteiger partial charge in [0.2, 0.25) is 0 Å². The molecule has 0 radical (unpaired) electrons. The van der Waals surface area contributed by atoms with Crippen molar-refractivity contribution in [3.05, 3.63) is 28.2 Å². The van der Waals surface area contributed by atoms with Crippen molar-refractivity contribution in [1.82, 2.24) is 0 Å². The minimum Gasteiger partial charge on any atom is -0.324 e. The zero-order valence-electron chi connectivity index (χ0n) is 5.37. The molecule has 0 unspecified atom stereocenters. The second kappa shape index (κ2) is 3.15. The fourth-order valence-electron chi connectivity index (χ4n) is 0.639. The van der Waals surface area contributed by atoms with Crippen LogP contribution in [0.25, 0.3) is 0 Å².